The van der Waals surface area contributed by atoms with E-state index in [0.717, 1.165) is 37.8 Å². The molecule has 4 nitrogen and oxygen atoms in total. The van der Waals surface area contributed by atoms with Crippen LogP contribution in [0.4, 0.5) is 5.69 Å². The van der Waals surface area contributed by atoms with E-state index in [9.17, 15) is 4.79 Å². The number of anilines is 1. The molecular formula is C18H27ClN2O2. The Balaban J connectivity index is 1.79. The Kier molecular flexibility index (Phi) is 6.72. The molecule has 0 unspecified atom stereocenters. The molecule has 23 heavy (non-hydrogen) atoms. The van der Waals surface area contributed by atoms with Gasteiger partial charge in [-0.15, -0.1) is 0 Å². The van der Waals surface area contributed by atoms with Gasteiger partial charge in [0.25, 0.3) is 0 Å². The molecule has 0 aliphatic carbocycles. The molecule has 0 N–H and O–H groups in total. The number of nitrogens with zero attached hydrogens (tertiary/aromatic N) is 2. The summed E-state index contributed by atoms with van der Waals surface area (Å²) in [5.41, 5.74) is 2.39. The highest BCUT2D eigenvalue weighted by Crippen LogP contribution is 2.25. The Morgan fingerprint density at radius 2 is 1.96 bits per heavy atom. The maximum Gasteiger partial charge on any atom is 0.225 e. The Morgan fingerprint density at radius 3 is 2.61 bits per heavy atom. The molecule has 0 bridgehead atoms. The number of amides is 1. The molecule has 0 aromatic heterocycles. The smallest absolute Gasteiger partial charge is 0.225 e. The number of aryl methyl sites for hydroxylation is 1. The van der Waals surface area contributed by atoms with E-state index < -0.39 is 0 Å². The number of rotatable bonds is 6. The zero-order chi connectivity index (χ0) is 16.8. The maximum absolute atomic E-state index is 12.2. The molecule has 1 aliphatic heterocycles. The minimum atomic E-state index is 0.191. The molecule has 0 atom stereocenters. The quantitative estimate of drug-likeness (QED) is 0.746. The average molecular weight is 339 g/mol. The number of piperazine rings is 1. The highest BCUT2D eigenvalue weighted by Gasteiger charge is 2.22. The van der Waals surface area contributed by atoms with Crippen molar-refractivity contribution in [2.24, 2.45) is 5.92 Å². The second-order valence-electron chi connectivity index (χ2n) is 6.52. The van der Waals surface area contributed by atoms with E-state index in [2.05, 4.69) is 25.7 Å². The van der Waals surface area contributed by atoms with Crippen LogP contribution in [-0.2, 0) is 9.53 Å². The Morgan fingerprint density at radius 1 is 1.26 bits per heavy atom. The number of halogens is 1. The highest BCUT2D eigenvalue weighted by molar-refractivity contribution is 6.30. The van der Waals surface area contributed by atoms with Gasteiger partial charge in [0.05, 0.1) is 13.0 Å². The molecule has 0 saturated carbocycles. The summed E-state index contributed by atoms with van der Waals surface area (Å²) >= 11 is 6.10. The van der Waals surface area contributed by atoms with Gasteiger partial charge in [-0.05, 0) is 30.5 Å². The first-order chi connectivity index (χ1) is 11.0. The van der Waals surface area contributed by atoms with Crippen molar-refractivity contribution in [1.82, 2.24) is 4.90 Å². The molecule has 5 heteroatoms. The fraction of sp³-hybridized carbons (Fsp3) is 0.611. The number of hydrogen-bond acceptors (Lipinski definition) is 3. The van der Waals surface area contributed by atoms with E-state index in [1.54, 1.807) is 0 Å². The largest absolute Gasteiger partial charge is 0.381 e. The van der Waals surface area contributed by atoms with Crippen molar-refractivity contribution in [2.45, 2.75) is 27.2 Å². The van der Waals surface area contributed by atoms with Gasteiger partial charge in [0.15, 0.2) is 0 Å². The molecule has 0 spiro atoms. The van der Waals surface area contributed by atoms with Gasteiger partial charge in [0.1, 0.15) is 0 Å². The van der Waals surface area contributed by atoms with Crippen molar-refractivity contribution >= 4 is 23.2 Å². The third-order valence-electron chi connectivity index (χ3n) is 4.06. The predicted octanol–water partition coefficient (Wildman–Crippen LogP) is 3.36. The summed E-state index contributed by atoms with van der Waals surface area (Å²) in [4.78, 5) is 16.5. The zero-order valence-electron chi connectivity index (χ0n) is 14.3. The van der Waals surface area contributed by atoms with Gasteiger partial charge >= 0.3 is 0 Å². The SMILES string of the molecule is Cc1ccc(Cl)cc1N1CCN(C(=O)CCOCC(C)C)CC1. The summed E-state index contributed by atoms with van der Waals surface area (Å²) in [6.45, 7) is 10.8. The fourth-order valence-electron chi connectivity index (χ4n) is 2.76. The lowest BCUT2D eigenvalue weighted by Crippen LogP contribution is -2.49. The summed E-state index contributed by atoms with van der Waals surface area (Å²) in [5, 5.41) is 0.756. The number of benzene rings is 1. The third kappa shape index (κ3) is 5.40. The number of carbonyl (C=O) groups is 1. The maximum atomic E-state index is 12.2. The summed E-state index contributed by atoms with van der Waals surface area (Å²) < 4.78 is 5.50. The molecule has 2 rings (SSSR count). The lowest BCUT2D eigenvalue weighted by molar-refractivity contribution is -0.132. The van der Waals surface area contributed by atoms with Gasteiger partial charge in [-0.1, -0.05) is 31.5 Å². The molecule has 1 aliphatic rings. The molecule has 0 radical (unpaired) electrons. The van der Waals surface area contributed by atoms with Crippen LogP contribution in [0.5, 0.6) is 0 Å². The normalized spacial score (nSPS) is 15.3. The lowest BCUT2D eigenvalue weighted by atomic mass is 10.1. The Hall–Kier alpha value is -1.26. The van der Waals surface area contributed by atoms with E-state index in [1.807, 2.05) is 23.1 Å². The van der Waals surface area contributed by atoms with Crippen molar-refractivity contribution in [3.8, 4) is 0 Å². The van der Waals surface area contributed by atoms with E-state index in [-0.39, 0.29) is 5.91 Å². The topological polar surface area (TPSA) is 32.8 Å². The van der Waals surface area contributed by atoms with Gasteiger partial charge in [-0.25, -0.2) is 0 Å². The van der Waals surface area contributed by atoms with Crippen molar-refractivity contribution in [3.63, 3.8) is 0 Å². The second kappa shape index (κ2) is 8.55. The first kappa shape index (κ1) is 18.1. The van der Waals surface area contributed by atoms with Crippen LogP contribution in [-0.4, -0.2) is 50.2 Å². The third-order valence-corrected chi connectivity index (χ3v) is 4.29. The van der Waals surface area contributed by atoms with Gasteiger partial charge in [-0.3, -0.25) is 4.79 Å². The van der Waals surface area contributed by atoms with Crippen LogP contribution >= 0.6 is 11.6 Å². The number of hydrogen-bond donors (Lipinski definition) is 0. The van der Waals surface area contributed by atoms with Gasteiger partial charge in [0, 0.05) is 43.5 Å². The van der Waals surface area contributed by atoms with E-state index in [4.69, 9.17) is 16.3 Å². The minimum absolute atomic E-state index is 0.191. The molecule has 1 saturated heterocycles. The van der Waals surface area contributed by atoms with Crippen LogP contribution in [0.1, 0.15) is 25.8 Å². The van der Waals surface area contributed by atoms with Crippen LogP contribution in [0.25, 0.3) is 0 Å². The Labute approximate surface area is 144 Å². The van der Waals surface area contributed by atoms with Gasteiger partial charge < -0.3 is 14.5 Å². The highest BCUT2D eigenvalue weighted by atomic mass is 35.5. The standard InChI is InChI=1S/C18H27ClN2O2/c1-14(2)13-23-11-6-18(22)21-9-7-20(8-10-21)17-12-16(19)5-4-15(17)3/h4-5,12,14H,6-11,13H2,1-3H3. The molecule has 128 valence electrons. The molecule has 1 heterocycles. The molecule has 1 amide bonds. The summed E-state index contributed by atoms with van der Waals surface area (Å²) in [6, 6.07) is 5.96. The van der Waals surface area contributed by atoms with Crippen LogP contribution in [0.3, 0.4) is 0 Å². The summed E-state index contributed by atoms with van der Waals surface area (Å²) in [6.07, 6.45) is 0.475. The molecule has 1 aromatic carbocycles. The monoisotopic (exact) mass is 338 g/mol. The predicted molar refractivity (Wildman–Crippen MR) is 95.3 cm³/mol. The van der Waals surface area contributed by atoms with Crippen molar-refractivity contribution < 1.29 is 9.53 Å². The van der Waals surface area contributed by atoms with E-state index in [1.165, 1.54) is 11.3 Å². The second-order valence-corrected chi connectivity index (χ2v) is 6.95. The molecule has 1 fully saturated rings. The van der Waals surface area contributed by atoms with Crippen molar-refractivity contribution in [1.29, 1.82) is 0 Å². The fourth-order valence-corrected chi connectivity index (χ4v) is 2.92. The Bertz CT molecular complexity index is 526. The van der Waals surface area contributed by atoms with Crippen LogP contribution in [0.15, 0.2) is 18.2 Å². The summed E-state index contributed by atoms with van der Waals surface area (Å²) in [5.74, 6) is 0.700. The molecule has 1 aromatic rings. The first-order valence-electron chi connectivity index (χ1n) is 8.34. The van der Waals surface area contributed by atoms with E-state index in [0.29, 0.717) is 18.9 Å². The zero-order valence-corrected chi connectivity index (χ0v) is 15.1. The van der Waals surface area contributed by atoms with Crippen molar-refractivity contribution in [2.75, 3.05) is 44.3 Å². The van der Waals surface area contributed by atoms with Crippen LogP contribution < -0.4 is 4.90 Å². The molecular weight excluding hydrogens is 312 g/mol. The first-order valence-corrected chi connectivity index (χ1v) is 8.72. The van der Waals surface area contributed by atoms with E-state index >= 15 is 0 Å². The average Bonchev–Trinajstić information content (AvgIpc) is 2.53. The van der Waals surface area contributed by atoms with Crippen LogP contribution in [0.2, 0.25) is 5.02 Å². The summed E-state index contributed by atoms with van der Waals surface area (Å²) in [7, 11) is 0. The van der Waals surface area contributed by atoms with Crippen LogP contribution in [0, 0.1) is 12.8 Å². The van der Waals surface area contributed by atoms with Gasteiger partial charge in [-0.2, -0.15) is 0 Å². The number of ether oxygens (including phenoxy) is 1. The lowest BCUT2D eigenvalue weighted by Gasteiger charge is -2.37. The van der Waals surface area contributed by atoms with Crippen molar-refractivity contribution in [3.05, 3.63) is 28.8 Å². The number of carbonyl (C=O) groups excluding carboxylic acids is 1. The van der Waals surface area contributed by atoms with Gasteiger partial charge in [0.2, 0.25) is 5.91 Å². The minimum Gasteiger partial charge on any atom is -0.381 e.